The van der Waals surface area contributed by atoms with Gasteiger partial charge in [-0.3, -0.25) is 0 Å². The number of benzene rings is 2. The molecule has 4 heteroatoms. The molecule has 0 fully saturated rings. The van der Waals surface area contributed by atoms with Gasteiger partial charge < -0.3 is 14.4 Å². The molecule has 0 saturated carbocycles. The Labute approximate surface area is 106 Å². The lowest BCUT2D eigenvalue weighted by atomic mass is 9.79. The van der Waals surface area contributed by atoms with Crippen molar-refractivity contribution >= 4 is 12.6 Å². The summed E-state index contributed by atoms with van der Waals surface area (Å²) in [6.45, 7) is 0. The van der Waals surface area contributed by atoms with Crippen LogP contribution < -0.4 is 10.2 Å². The first-order valence-electron chi connectivity index (χ1n) is 5.86. The topological polar surface area (TPSA) is 38.7 Å². The number of hydrogen-bond donors (Lipinski definition) is 1. The predicted octanol–water partition coefficient (Wildman–Crippen LogP) is 1.50. The van der Waals surface area contributed by atoms with Gasteiger partial charge in [0.15, 0.2) is 0 Å². The quantitative estimate of drug-likeness (QED) is 0.808. The molecule has 0 aromatic heterocycles. The highest BCUT2D eigenvalue weighted by molar-refractivity contribution is 6.61. The Bertz CT molecular complexity index is 556. The normalized spacial score (nSPS) is 17.7. The average molecular weight is 240 g/mol. The van der Waals surface area contributed by atoms with Crippen LogP contribution in [0.3, 0.4) is 0 Å². The summed E-state index contributed by atoms with van der Waals surface area (Å²) >= 11 is 0. The third-order valence-electron chi connectivity index (χ3n) is 3.21. The van der Waals surface area contributed by atoms with Crippen LogP contribution in [0.15, 0.2) is 48.5 Å². The second kappa shape index (κ2) is 4.48. The molecule has 3 nitrogen and oxygen atoms in total. The van der Waals surface area contributed by atoms with Gasteiger partial charge in [-0.2, -0.15) is 0 Å². The van der Waals surface area contributed by atoms with Gasteiger partial charge in [-0.1, -0.05) is 36.4 Å². The molecule has 1 aliphatic rings. The largest absolute Gasteiger partial charge is 0.497 e. The molecule has 1 atom stereocenters. The summed E-state index contributed by atoms with van der Waals surface area (Å²) in [7, 11) is 0.766. The van der Waals surface area contributed by atoms with E-state index in [4.69, 9.17) is 9.39 Å². The van der Waals surface area contributed by atoms with Crippen LogP contribution in [-0.2, 0) is 4.65 Å². The molecule has 0 saturated heterocycles. The van der Waals surface area contributed by atoms with Crippen molar-refractivity contribution in [3.8, 4) is 5.75 Å². The summed E-state index contributed by atoms with van der Waals surface area (Å²) in [5, 5.41) is 9.91. The standard InChI is InChI=1S/C14H13BO3/c1-17-11-7-8-13-12(9-11)14(18-15(13)16)10-5-3-2-4-6-10/h2-9,14,16H,1H3. The van der Waals surface area contributed by atoms with Gasteiger partial charge in [-0.15, -0.1) is 0 Å². The third kappa shape index (κ3) is 1.80. The molecular weight excluding hydrogens is 227 g/mol. The van der Waals surface area contributed by atoms with Crippen LogP contribution in [0.1, 0.15) is 17.2 Å². The van der Waals surface area contributed by atoms with Gasteiger partial charge in [0.1, 0.15) is 5.75 Å². The van der Waals surface area contributed by atoms with Crippen LogP contribution in [0, 0.1) is 0 Å². The lowest BCUT2D eigenvalue weighted by Crippen LogP contribution is -2.27. The predicted molar refractivity (Wildman–Crippen MR) is 70.0 cm³/mol. The highest BCUT2D eigenvalue weighted by atomic mass is 16.5. The first-order chi connectivity index (χ1) is 8.79. The van der Waals surface area contributed by atoms with Crippen molar-refractivity contribution in [1.29, 1.82) is 0 Å². The van der Waals surface area contributed by atoms with Crippen molar-refractivity contribution in [2.45, 2.75) is 6.10 Å². The molecule has 1 heterocycles. The Morgan fingerprint density at radius 3 is 2.67 bits per heavy atom. The first-order valence-corrected chi connectivity index (χ1v) is 5.86. The molecule has 18 heavy (non-hydrogen) atoms. The van der Waals surface area contributed by atoms with Crippen molar-refractivity contribution in [2.24, 2.45) is 0 Å². The summed E-state index contributed by atoms with van der Waals surface area (Å²) in [5.74, 6) is 0.771. The van der Waals surface area contributed by atoms with Crippen molar-refractivity contribution in [1.82, 2.24) is 0 Å². The monoisotopic (exact) mass is 240 g/mol. The molecule has 0 bridgehead atoms. The molecule has 0 amide bonds. The van der Waals surface area contributed by atoms with E-state index in [2.05, 4.69) is 0 Å². The van der Waals surface area contributed by atoms with Crippen molar-refractivity contribution in [3.05, 3.63) is 59.7 Å². The summed E-state index contributed by atoms with van der Waals surface area (Å²) in [4.78, 5) is 0. The van der Waals surface area contributed by atoms with Crippen LogP contribution in [0.5, 0.6) is 5.75 Å². The van der Waals surface area contributed by atoms with Crippen molar-refractivity contribution in [2.75, 3.05) is 7.11 Å². The molecule has 0 radical (unpaired) electrons. The molecular formula is C14H13BO3. The molecule has 1 aliphatic heterocycles. The minimum atomic E-state index is -0.865. The number of fused-ring (bicyclic) bond motifs is 1. The number of rotatable bonds is 2. The minimum absolute atomic E-state index is 0.230. The zero-order valence-electron chi connectivity index (χ0n) is 10.0. The number of hydrogen-bond acceptors (Lipinski definition) is 3. The van der Waals surface area contributed by atoms with E-state index in [0.717, 1.165) is 22.3 Å². The molecule has 3 rings (SSSR count). The average Bonchev–Trinajstić information content (AvgIpc) is 2.76. The summed E-state index contributed by atoms with van der Waals surface area (Å²) in [6, 6.07) is 15.5. The van der Waals surface area contributed by atoms with Gasteiger partial charge in [0, 0.05) is 0 Å². The molecule has 0 spiro atoms. The van der Waals surface area contributed by atoms with Crippen molar-refractivity contribution < 1.29 is 14.4 Å². The van der Waals surface area contributed by atoms with Crippen molar-refractivity contribution in [3.63, 3.8) is 0 Å². The zero-order chi connectivity index (χ0) is 12.5. The summed E-state index contributed by atoms with van der Waals surface area (Å²) in [6.07, 6.45) is -0.230. The Kier molecular flexibility index (Phi) is 2.82. The zero-order valence-corrected chi connectivity index (χ0v) is 10.0. The second-order valence-corrected chi connectivity index (χ2v) is 4.27. The van der Waals surface area contributed by atoms with E-state index < -0.39 is 7.12 Å². The van der Waals surface area contributed by atoms with Crippen LogP contribution in [0.4, 0.5) is 0 Å². The SMILES string of the molecule is COc1ccc2c(c1)C(c1ccccc1)OB2O. The van der Waals surface area contributed by atoms with Gasteiger partial charge in [0.05, 0.1) is 13.2 Å². The Morgan fingerprint density at radius 1 is 1.17 bits per heavy atom. The highest BCUT2D eigenvalue weighted by Gasteiger charge is 2.35. The third-order valence-corrected chi connectivity index (χ3v) is 3.21. The van der Waals surface area contributed by atoms with Crippen LogP contribution in [0.25, 0.3) is 0 Å². The van der Waals surface area contributed by atoms with Gasteiger partial charge in [-0.05, 0) is 28.7 Å². The number of ether oxygens (including phenoxy) is 1. The first kappa shape index (κ1) is 11.3. The van der Waals surface area contributed by atoms with E-state index in [-0.39, 0.29) is 6.10 Å². The van der Waals surface area contributed by atoms with E-state index >= 15 is 0 Å². The number of methoxy groups -OCH3 is 1. The van der Waals surface area contributed by atoms with Crippen LogP contribution in [-0.4, -0.2) is 19.3 Å². The van der Waals surface area contributed by atoms with Gasteiger partial charge >= 0.3 is 7.12 Å². The molecule has 1 unspecified atom stereocenters. The maximum Gasteiger partial charge on any atom is 0.492 e. The van der Waals surface area contributed by atoms with E-state index in [1.54, 1.807) is 7.11 Å². The lowest BCUT2D eigenvalue weighted by Gasteiger charge is -2.13. The molecule has 2 aromatic carbocycles. The van der Waals surface area contributed by atoms with Gasteiger partial charge in [-0.25, -0.2) is 0 Å². The van der Waals surface area contributed by atoms with E-state index in [0.29, 0.717) is 0 Å². The lowest BCUT2D eigenvalue weighted by molar-refractivity contribution is 0.226. The maximum atomic E-state index is 9.91. The second-order valence-electron chi connectivity index (χ2n) is 4.27. The summed E-state index contributed by atoms with van der Waals surface area (Å²) < 4.78 is 10.8. The van der Waals surface area contributed by atoms with Crippen LogP contribution >= 0.6 is 0 Å². The minimum Gasteiger partial charge on any atom is -0.497 e. The Balaban J connectivity index is 2.07. The van der Waals surface area contributed by atoms with E-state index in [1.165, 1.54) is 0 Å². The van der Waals surface area contributed by atoms with Gasteiger partial charge in [0.2, 0.25) is 0 Å². The molecule has 90 valence electrons. The van der Waals surface area contributed by atoms with E-state index in [9.17, 15) is 5.02 Å². The fourth-order valence-electron chi connectivity index (χ4n) is 2.29. The fourth-order valence-corrected chi connectivity index (χ4v) is 2.29. The van der Waals surface area contributed by atoms with Crippen LogP contribution in [0.2, 0.25) is 0 Å². The fraction of sp³-hybridized carbons (Fsp3) is 0.143. The van der Waals surface area contributed by atoms with E-state index in [1.807, 2.05) is 48.5 Å². The Hall–Kier alpha value is -1.78. The smallest absolute Gasteiger partial charge is 0.492 e. The maximum absolute atomic E-state index is 9.91. The Morgan fingerprint density at radius 2 is 1.94 bits per heavy atom. The molecule has 1 N–H and O–H groups in total. The highest BCUT2D eigenvalue weighted by Crippen LogP contribution is 2.32. The summed E-state index contributed by atoms with van der Waals surface area (Å²) in [5.41, 5.74) is 2.81. The van der Waals surface area contributed by atoms with Gasteiger partial charge in [0.25, 0.3) is 0 Å². The molecule has 2 aromatic rings. The molecule has 0 aliphatic carbocycles.